The summed E-state index contributed by atoms with van der Waals surface area (Å²) in [6.45, 7) is 4.68. The van der Waals surface area contributed by atoms with Crippen LogP contribution in [0.5, 0.6) is 0 Å². The summed E-state index contributed by atoms with van der Waals surface area (Å²) >= 11 is 0. The van der Waals surface area contributed by atoms with E-state index in [0.717, 1.165) is 5.92 Å². The van der Waals surface area contributed by atoms with Crippen LogP contribution in [0.25, 0.3) is 0 Å². The molecule has 3 unspecified atom stereocenters. The Hall–Kier alpha value is -1.04. The number of rotatable bonds is 2. The van der Waals surface area contributed by atoms with Crippen LogP contribution in [0.2, 0.25) is 0 Å². The van der Waals surface area contributed by atoms with Crippen molar-refractivity contribution in [1.29, 1.82) is 0 Å². The van der Waals surface area contributed by atoms with Gasteiger partial charge in [0.25, 0.3) is 0 Å². The Morgan fingerprint density at radius 2 is 2.25 bits per heavy atom. The fourth-order valence-corrected chi connectivity index (χ4v) is 5.06. The van der Waals surface area contributed by atoms with E-state index in [-0.39, 0.29) is 0 Å². The van der Waals surface area contributed by atoms with Gasteiger partial charge in [-0.25, -0.2) is 0 Å². The van der Waals surface area contributed by atoms with Crippen molar-refractivity contribution >= 4 is 0 Å². The molecule has 0 nitrogen and oxygen atoms in total. The van der Waals surface area contributed by atoms with Crippen molar-refractivity contribution in [2.45, 2.75) is 70.1 Å². The lowest BCUT2D eigenvalue weighted by Crippen LogP contribution is -2.35. The molecule has 0 heteroatoms. The van der Waals surface area contributed by atoms with Crippen LogP contribution < -0.4 is 0 Å². The number of benzene rings is 1. The van der Waals surface area contributed by atoms with Crippen molar-refractivity contribution in [3.63, 3.8) is 0 Å². The van der Waals surface area contributed by atoms with Gasteiger partial charge in [-0.05, 0) is 73.5 Å². The Morgan fingerprint density at radius 1 is 1.35 bits per heavy atom. The first-order chi connectivity index (χ1) is 9.73. The molecule has 3 atom stereocenters. The van der Waals surface area contributed by atoms with Crippen LogP contribution in [0.15, 0.2) is 29.8 Å². The summed E-state index contributed by atoms with van der Waals surface area (Å²) < 4.78 is 0. The third kappa shape index (κ3) is 1.66. The Kier molecular flexibility index (Phi) is 2.84. The van der Waals surface area contributed by atoms with Gasteiger partial charge < -0.3 is 0 Å². The molecule has 1 aromatic carbocycles. The lowest BCUT2D eigenvalue weighted by atomic mass is 9.62. The zero-order valence-electron chi connectivity index (χ0n) is 12.9. The van der Waals surface area contributed by atoms with Crippen molar-refractivity contribution < 1.29 is 0 Å². The molecule has 0 aromatic heterocycles. The van der Waals surface area contributed by atoms with E-state index in [1.54, 1.807) is 22.3 Å². The summed E-state index contributed by atoms with van der Waals surface area (Å²) in [6, 6.07) is 7.46. The van der Waals surface area contributed by atoms with Gasteiger partial charge in [-0.2, -0.15) is 0 Å². The van der Waals surface area contributed by atoms with Crippen molar-refractivity contribution in [3.8, 4) is 0 Å². The minimum absolute atomic E-state index is 0.529. The second-order valence-corrected chi connectivity index (χ2v) is 7.41. The fraction of sp³-hybridized carbons (Fsp3) is 0.600. The molecule has 0 heterocycles. The van der Waals surface area contributed by atoms with Crippen molar-refractivity contribution in [3.05, 3.63) is 46.5 Å². The van der Waals surface area contributed by atoms with E-state index < -0.39 is 0 Å². The minimum atomic E-state index is 0.529. The van der Waals surface area contributed by atoms with E-state index in [2.05, 4.69) is 38.1 Å². The highest BCUT2D eigenvalue weighted by atomic mass is 14.5. The van der Waals surface area contributed by atoms with Gasteiger partial charge >= 0.3 is 0 Å². The highest BCUT2D eigenvalue weighted by Gasteiger charge is 2.49. The molecule has 3 aliphatic rings. The molecule has 3 aliphatic carbocycles. The van der Waals surface area contributed by atoms with Gasteiger partial charge in [-0.3, -0.25) is 0 Å². The van der Waals surface area contributed by atoms with Gasteiger partial charge in [0, 0.05) is 5.41 Å². The third-order valence-corrected chi connectivity index (χ3v) is 6.44. The van der Waals surface area contributed by atoms with Gasteiger partial charge in [0.15, 0.2) is 0 Å². The topological polar surface area (TPSA) is 0 Å². The first kappa shape index (κ1) is 12.7. The number of fused-ring (bicyclic) bond motifs is 5. The Balaban J connectivity index is 1.82. The quantitative estimate of drug-likeness (QED) is 0.619. The molecule has 0 aliphatic heterocycles. The molecule has 0 N–H and O–H groups in total. The first-order valence-corrected chi connectivity index (χ1v) is 8.54. The summed E-state index contributed by atoms with van der Waals surface area (Å²) in [7, 11) is 0. The maximum absolute atomic E-state index is 2.60. The van der Waals surface area contributed by atoms with Gasteiger partial charge in [-0.15, -0.1) is 0 Å². The third-order valence-electron chi connectivity index (χ3n) is 6.44. The fourth-order valence-electron chi connectivity index (χ4n) is 5.06. The van der Waals surface area contributed by atoms with Gasteiger partial charge in [0.2, 0.25) is 0 Å². The van der Waals surface area contributed by atoms with E-state index in [4.69, 9.17) is 0 Å². The molecule has 0 radical (unpaired) electrons. The second kappa shape index (κ2) is 4.48. The SMILES string of the molecule is CCC(C)c1ccc2c(c1)C1(CCC2)CC2=CCC1C2. The molecule has 106 valence electrons. The summed E-state index contributed by atoms with van der Waals surface area (Å²) in [4.78, 5) is 0. The normalized spacial score (nSPS) is 32.3. The Bertz CT molecular complexity index is 565. The van der Waals surface area contributed by atoms with Crippen LogP contribution in [-0.2, 0) is 11.8 Å². The average molecular weight is 266 g/mol. The van der Waals surface area contributed by atoms with Crippen LogP contribution in [0.3, 0.4) is 0 Å². The van der Waals surface area contributed by atoms with E-state index in [1.807, 2.05) is 0 Å². The van der Waals surface area contributed by atoms with E-state index in [0.29, 0.717) is 11.3 Å². The Morgan fingerprint density at radius 3 is 2.95 bits per heavy atom. The standard InChI is InChI=1S/C20H26/c1-3-14(2)17-8-7-16-5-4-10-20(19(16)12-17)13-15-6-9-18(20)11-15/h6-8,12,14,18H,3-5,9-11,13H2,1-2H3. The highest BCUT2D eigenvalue weighted by Crippen LogP contribution is 2.58. The molecule has 4 rings (SSSR count). The van der Waals surface area contributed by atoms with Crippen molar-refractivity contribution in [2.24, 2.45) is 5.92 Å². The van der Waals surface area contributed by atoms with E-state index >= 15 is 0 Å². The molecule has 2 bridgehead atoms. The summed E-state index contributed by atoms with van der Waals surface area (Å²) in [5, 5.41) is 0. The van der Waals surface area contributed by atoms with Crippen LogP contribution in [0.1, 0.15) is 75.0 Å². The largest absolute Gasteiger partial charge is 0.0850 e. The molecule has 1 fully saturated rings. The molecule has 1 aromatic rings. The number of aryl methyl sites for hydroxylation is 1. The van der Waals surface area contributed by atoms with Crippen LogP contribution >= 0.6 is 0 Å². The predicted molar refractivity (Wildman–Crippen MR) is 85.2 cm³/mol. The predicted octanol–water partition coefficient (Wildman–Crippen LogP) is 5.51. The minimum Gasteiger partial charge on any atom is -0.0850 e. The number of allylic oxidation sites excluding steroid dienone is 2. The summed E-state index contributed by atoms with van der Waals surface area (Å²) in [5.41, 5.74) is 7.27. The van der Waals surface area contributed by atoms with Gasteiger partial charge in [-0.1, -0.05) is 43.7 Å². The molecule has 1 spiro atoms. The van der Waals surface area contributed by atoms with E-state index in [9.17, 15) is 0 Å². The first-order valence-electron chi connectivity index (χ1n) is 8.54. The molecular formula is C20H26. The zero-order valence-corrected chi connectivity index (χ0v) is 12.9. The van der Waals surface area contributed by atoms with Gasteiger partial charge in [0.05, 0.1) is 0 Å². The smallest absolute Gasteiger partial charge is 0.00273 e. The number of hydrogen-bond donors (Lipinski definition) is 0. The highest BCUT2D eigenvalue weighted by molar-refractivity contribution is 5.46. The lowest BCUT2D eigenvalue weighted by molar-refractivity contribution is 0.269. The van der Waals surface area contributed by atoms with E-state index in [1.165, 1.54) is 44.9 Å². The number of hydrogen-bond acceptors (Lipinski definition) is 0. The molecule has 0 amide bonds. The molecule has 1 saturated carbocycles. The Labute approximate surface area is 123 Å². The summed E-state index contributed by atoms with van der Waals surface area (Å²) in [6.07, 6.45) is 12.0. The van der Waals surface area contributed by atoms with Crippen molar-refractivity contribution in [2.75, 3.05) is 0 Å². The van der Waals surface area contributed by atoms with Crippen LogP contribution in [-0.4, -0.2) is 0 Å². The molecule has 0 saturated heterocycles. The van der Waals surface area contributed by atoms with Crippen LogP contribution in [0.4, 0.5) is 0 Å². The second-order valence-electron chi connectivity index (χ2n) is 7.41. The van der Waals surface area contributed by atoms with Crippen LogP contribution in [0, 0.1) is 5.92 Å². The van der Waals surface area contributed by atoms with Crippen molar-refractivity contribution in [1.82, 2.24) is 0 Å². The summed E-state index contributed by atoms with van der Waals surface area (Å²) in [5.74, 6) is 1.63. The maximum atomic E-state index is 2.60. The lowest BCUT2D eigenvalue weighted by Gasteiger charge is -2.42. The van der Waals surface area contributed by atoms with Gasteiger partial charge in [0.1, 0.15) is 0 Å². The molecule has 20 heavy (non-hydrogen) atoms. The maximum Gasteiger partial charge on any atom is 0.00273 e. The average Bonchev–Trinajstić information content (AvgIpc) is 3.08. The molecular weight excluding hydrogens is 240 g/mol. The monoisotopic (exact) mass is 266 g/mol. The zero-order chi connectivity index (χ0) is 13.7.